The van der Waals surface area contributed by atoms with Crippen molar-refractivity contribution in [1.82, 2.24) is 10.0 Å². The summed E-state index contributed by atoms with van der Waals surface area (Å²) >= 11 is 4.77. The number of ether oxygens (including phenoxy) is 1. The van der Waals surface area contributed by atoms with Gasteiger partial charge in [-0.2, -0.15) is 0 Å². The van der Waals surface area contributed by atoms with Gasteiger partial charge in [0.1, 0.15) is 4.90 Å². The SMILES string of the molecule is COCCCNS(=O)(=O)c1cc(CNC(C)C)sc1Br. The summed E-state index contributed by atoms with van der Waals surface area (Å²) in [6.45, 7) is 5.68. The summed E-state index contributed by atoms with van der Waals surface area (Å²) < 4.78 is 32.5. The van der Waals surface area contributed by atoms with Crippen molar-refractivity contribution in [3.8, 4) is 0 Å². The highest BCUT2D eigenvalue weighted by Crippen LogP contribution is 2.31. The third-order valence-electron chi connectivity index (χ3n) is 2.50. The van der Waals surface area contributed by atoms with Crippen LogP contribution in [0.1, 0.15) is 25.1 Å². The number of thiophene rings is 1. The number of nitrogens with one attached hydrogen (secondary N) is 2. The topological polar surface area (TPSA) is 67.4 Å². The monoisotopic (exact) mass is 384 g/mol. The van der Waals surface area contributed by atoms with Crippen molar-refractivity contribution in [3.05, 3.63) is 14.7 Å². The van der Waals surface area contributed by atoms with E-state index in [-0.39, 0.29) is 0 Å². The van der Waals surface area contributed by atoms with Crippen molar-refractivity contribution in [3.63, 3.8) is 0 Å². The van der Waals surface area contributed by atoms with Crippen LogP contribution >= 0.6 is 27.3 Å². The maximum atomic E-state index is 12.2. The summed E-state index contributed by atoms with van der Waals surface area (Å²) in [4.78, 5) is 1.29. The molecule has 0 aromatic carbocycles. The van der Waals surface area contributed by atoms with E-state index in [1.807, 2.05) is 0 Å². The highest BCUT2D eigenvalue weighted by Gasteiger charge is 2.20. The van der Waals surface area contributed by atoms with Crippen LogP contribution in [-0.2, 0) is 21.3 Å². The molecule has 1 rings (SSSR count). The molecule has 0 unspecified atom stereocenters. The van der Waals surface area contributed by atoms with Crippen molar-refractivity contribution >= 4 is 37.3 Å². The van der Waals surface area contributed by atoms with Gasteiger partial charge in [0.05, 0.1) is 3.79 Å². The molecule has 0 radical (unpaired) electrons. The lowest BCUT2D eigenvalue weighted by Gasteiger charge is -2.06. The van der Waals surface area contributed by atoms with Crippen LogP contribution in [-0.4, -0.2) is 34.7 Å². The van der Waals surface area contributed by atoms with Crippen LogP contribution in [0.3, 0.4) is 0 Å². The Hall–Kier alpha value is 0.01000. The van der Waals surface area contributed by atoms with E-state index < -0.39 is 10.0 Å². The van der Waals surface area contributed by atoms with E-state index in [9.17, 15) is 8.42 Å². The molecule has 0 saturated heterocycles. The molecule has 1 heterocycles. The maximum absolute atomic E-state index is 12.2. The second-order valence-electron chi connectivity index (χ2n) is 4.63. The lowest BCUT2D eigenvalue weighted by molar-refractivity contribution is 0.196. The Labute approximate surface area is 133 Å². The summed E-state index contributed by atoms with van der Waals surface area (Å²) in [7, 11) is -1.86. The van der Waals surface area contributed by atoms with Gasteiger partial charge in [0.2, 0.25) is 10.0 Å². The molecule has 116 valence electrons. The second kappa shape index (κ2) is 8.45. The molecule has 0 aliphatic carbocycles. The average Bonchev–Trinajstić information content (AvgIpc) is 2.74. The van der Waals surface area contributed by atoms with Crippen molar-refractivity contribution in [2.45, 2.75) is 37.8 Å². The summed E-state index contributed by atoms with van der Waals surface area (Å²) in [5, 5.41) is 3.27. The number of halogens is 1. The van der Waals surface area contributed by atoms with Gasteiger partial charge in [-0.25, -0.2) is 13.1 Å². The van der Waals surface area contributed by atoms with E-state index in [1.54, 1.807) is 13.2 Å². The van der Waals surface area contributed by atoms with Crippen LogP contribution in [0, 0.1) is 0 Å². The molecule has 0 aliphatic heterocycles. The fourth-order valence-electron chi connectivity index (χ4n) is 1.47. The lowest BCUT2D eigenvalue weighted by atomic mass is 10.4. The zero-order valence-electron chi connectivity index (χ0n) is 11.9. The van der Waals surface area contributed by atoms with Crippen molar-refractivity contribution in [2.75, 3.05) is 20.3 Å². The molecule has 0 atom stereocenters. The smallest absolute Gasteiger partial charge is 0.242 e. The molecule has 0 saturated carbocycles. The van der Waals surface area contributed by atoms with Crippen molar-refractivity contribution in [1.29, 1.82) is 0 Å². The van der Waals surface area contributed by atoms with Crippen LogP contribution in [0.15, 0.2) is 14.7 Å². The van der Waals surface area contributed by atoms with Gasteiger partial charge in [-0.1, -0.05) is 13.8 Å². The van der Waals surface area contributed by atoms with Crippen molar-refractivity contribution in [2.24, 2.45) is 0 Å². The lowest BCUT2D eigenvalue weighted by Crippen LogP contribution is -2.25. The first-order valence-corrected chi connectivity index (χ1v) is 9.46. The minimum atomic E-state index is -3.46. The van der Waals surface area contributed by atoms with Crippen LogP contribution in [0.2, 0.25) is 0 Å². The molecular formula is C12H21BrN2O3S2. The molecule has 0 spiro atoms. The largest absolute Gasteiger partial charge is 0.385 e. The Balaban J connectivity index is 2.69. The first kappa shape index (κ1) is 18.1. The minimum absolute atomic E-state index is 0.306. The van der Waals surface area contributed by atoms with Gasteiger partial charge in [-0.3, -0.25) is 0 Å². The van der Waals surface area contributed by atoms with E-state index in [0.717, 1.165) is 4.88 Å². The third-order valence-corrected chi connectivity index (χ3v) is 6.21. The van der Waals surface area contributed by atoms with Crippen LogP contribution in [0.5, 0.6) is 0 Å². The molecule has 0 aliphatic rings. The Kier molecular flexibility index (Phi) is 7.63. The highest BCUT2D eigenvalue weighted by molar-refractivity contribution is 9.11. The summed E-state index contributed by atoms with van der Waals surface area (Å²) in [6.07, 6.45) is 0.652. The maximum Gasteiger partial charge on any atom is 0.242 e. The first-order valence-electron chi connectivity index (χ1n) is 6.37. The molecule has 2 N–H and O–H groups in total. The van der Waals surface area contributed by atoms with Crippen LogP contribution < -0.4 is 10.0 Å². The minimum Gasteiger partial charge on any atom is -0.385 e. The van der Waals surface area contributed by atoms with E-state index in [2.05, 4.69) is 39.8 Å². The molecule has 1 aromatic heterocycles. The summed E-state index contributed by atoms with van der Waals surface area (Å²) in [5.74, 6) is 0. The molecular weight excluding hydrogens is 364 g/mol. The Morgan fingerprint density at radius 2 is 2.15 bits per heavy atom. The number of rotatable bonds is 9. The molecule has 5 nitrogen and oxygen atoms in total. The van der Waals surface area contributed by atoms with E-state index >= 15 is 0 Å². The molecule has 20 heavy (non-hydrogen) atoms. The van der Waals surface area contributed by atoms with Gasteiger partial charge in [0, 0.05) is 37.7 Å². The predicted octanol–water partition coefficient (Wildman–Crippen LogP) is 2.32. The van der Waals surface area contributed by atoms with Gasteiger partial charge in [0.25, 0.3) is 0 Å². The van der Waals surface area contributed by atoms with E-state index in [0.29, 0.717) is 40.8 Å². The van der Waals surface area contributed by atoms with E-state index in [1.165, 1.54) is 11.3 Å². The second-order valence-corrected chi connectivity index (χ2v) is 8.82. The third kappa shape index (κ3) is 5.79. The number of methoxy groups -OCH3 is 1. The highest BCUT2D eigenvalue weighted by atomic mass is 79.9. The van der Waals surface area contributed by atoms with Gasteiger partial charge in [-0.05, 0) is 28.4 Å². The molecule has 0 fully saturated rings. The summed E-state index contributed by atoms with van der Waals surface area (Å²) in [5.41, 5.74) is 0. The summed E-state index contributed by atoms with van der Waals surface area (Å²) in [6, 6.07) is 2.08. The molecule has 0 bridgehead atoms. The van der Waals surface area contributed by atoms with Gasteiger partial charge in [-0.15, -0.1) is 11.3 Å². The van der Waals surface area contributed by atoms with Gasteiger partial charge in [0.15, 0.2) is 0 Å². The Bertz CT molecular complexity index is 515. The standard InChI is InChI=1S/C12H21BrN2O3S2/c1-9(2)14-8-10-7-11(12(13)19-10)20(16,17)15-5-4-6-18-3/h7,9,14-15H,4-6,8H2,1-3H3. The Morgan fingerprint density at radius 1 is 1.45 bits per heavy atom. The molecule has 8 heteroatoms. The number of hydrogen-bond acceptors (Lipinski definition) is 5. The van der Waals surface area contributed by atoms with Crippen LogP contribution in [0.25, 0.3) is 0 Å². The quantitative estimate of drug-likeness (QED) is 0.641. The zero-order chi connectivity index (χ0) is 15.2. The molecule has 0 amide bonds. The predicted molar refractivity (Wildman–Crippen MR) is 85.7 cm³/mol. The number of hydrogen-bond donors (Lipinski definition) is 2. The Morgan fingerprint density at radius 3 is 2.75 bits per heavy atom. The normalized spacial score (nSPS) is 12.2. The first-order chi connectivity index (χ1) is 9.36. The zero-order valence-corrected chi connectivity index (χ0v) is 15.1. The molecule has 1 aromatic rings. The average molecular weight is 385 g/mol. The fourth-order valence-corrected chi connectivity index (χ4v) is 5.18. The van der Waals surface area contributed by atoms with Crippen molar-refractivity contribution < 1.29 is 13.2 Å². The van der Waals surface area contributed by atoms with Gasteiger partial charge >= 0.3 is 0 Å². The van der Waals surface area contributed by atoms with E-state index in [4.69, 9.17) is 4.74 Å². The fraction of sp³-hybridized carbons (Fsp3) is 0.667. The van der Waals surface area contributed by atoms with Gasteiger partial charge < -0.3 is 10.1 Å². The van der Waals surface area contributed by atoms with Crippen LogP contribution in [0.4, 0.5) is 0 Å². The number of sulfonamides is 1.